The largest absolute Gasteiger partial charge is 0.454 e. The maximum Gasteiger partial charge on any atom is 0.243 e. The molecular weight excluding hydrogens is 442 g/mol. The van der Waals surface area contributed by atoms with Gasteiger partial charge < -0.3 is 14.8 Å². The minimum atomic E-state index is -3.58. The number of aryl methyl sites for hydroxylation is 3. The number of piperazine rings is 1. The van der Waals surface area contributed by atoms with Crippen molar-refractivity contribution in [3.05, 3.63) is 52.6 Å². The van der Waals surface area contributed by atoms with Crippen LogP contribution in [0.5, 0.6) is 11.5 Å². The van der Waals surface area contributed by atoms with Gasteiger partial charge >= 0.3 is 0 Å². The van der Waals surface area contributed by atoms with Crippen LogP contribution in [0.15, 0.2) is 35.2 Å². The third-order valence-corrected chi connectivity index (χ3v) is 8.51. The zero-order chi connectivity index (χ0) is 23.8. The van der Waals surface area contributed by atoms with Crippen LogP contribution in [0.4, 0.5) is 0 Å². The van der Waals surface area contributed by atoms with Gasteiger partial charge in [-0.3, -0.25) is 9.69 Å². The van der Waals surface area contributed by atoms with Crippen molar-refractivity contribution in [1.29, 1.82) is 0 Å². The average molecular weight is 474 g/mol. The third-order valence-electron chi connectivity index (χ3n) is 6.31. The van der Waals surface area contributed by atoms with E-state index >= 15 is 0 Å². The molecule has 178 valence electrons. The Labute approximate surface area is 195 Å². The van der Waals surface area contributed by atoms with E-state index in [-0.39, 0.29) is 18.7 Å². The van der Waals surface area contributed by atoms with Crippen molar-refractivity contribution >= 4 is 15.9 Å². The second kappa shape index (κ2) is 9.32. The quantitative estimate of drug-likeness (QED) is 0.693. The van der Waals surface area contributed by atoms with Crippen molar-refractivity contribution in [2.24, 2.45) is 0 Å². The van der Waals surface area contributed by atoms with E-state index in [0.29, 0.717) is 49.1 Å². The van der Waals surface area contributed by atoms with E-state index in [9.17, 15) is 13.2 Å². The Bertz CT molecular complexity index is 1130. The van der Waals surface area contributed by atoms with Gasteiger partial charge in [0.05, 0.1) is 10.9 Å². The van der Waals surface area contributed by atoms with E-state index in [0.717, 1.165) is 22.3 Å². The van der Waals surface area contributed by atoms with Crippen LogP contribution in [0.2, 0.25) is 0 Å². The van der Waals surface area contributed by atoms with Gasteiger partial charge in [-0.2, -0.15) is 4.31 Å². The first-order chi connectivity index (χ1) is 15.7. The van der Waals surface area contributed by atoms with Crippen molar-refractivity contribution in [2.45, 2.75) is 45.2 Å². The van der Waals surface area contributed by atoms with Gasteiger partial charge in [0.2, 0.25) is 22.7 Å². The minimum Gasteiger partial charge on any atom is -0.454 e. The number of carbonyl (C=O) groups excluding carboxylic acids is 1. The molecule has 2 aromatic carbocycles. The van der Waals surface area contributed by atoms with Gasteiger partial charge in [-0.05, 0) is 56.5 Å². The Morgan fingerprint density at radius 3 is 2.30 bits per heavy atom. The lowest BCUT2D eigenvalue weighted by Crippen LogP contribution is -2.54. The SMILES string of the molecule is Cc1cc(C)c(S(=O)(=O)N2CCN(C(C)C(=O)NCc3ccc4c(c3)OCO4)CC2)c(C)c1. The van der Waals surface area contributed by atoms with Crippen molar-refractivity contribution < 1.29 is 22.7 Å². The first-order valence-electron chi connectivity index (χ1n) is 11.1. The second-order valence-corrected chi connectivity index (χ2v) is 10.6. The Balaban J connectivity index is 1.34. The number of hydrogen-bond acceptors (Lipinski definition) is 6. The molecule has 0 aliphatic carbocycles. The number of rotatable bonds is 6. The highest BCUT2D eigenvalue weighted by atomic mass is 32.2. The predicted molar refractivity (Wildman–Crippen MR) is 125 cm³/mol. The van der Waals surface area contributed by atoms with Gasteiger partial charge in [0, 0.05) is 32.7 Å². The number of ether oxygens (including phenoxy) is 2. The first-order valence-corrected chi connectivity index (χ1v) is 12.6. The molecule has 0 bridgehead atoms. The highest BCUT2D eigenvalue weighted by Gasteiger charge is 2.33. The minimum absolute atomic E-state index is 0.0887. The fourth-order valence-electron chi connectivity index (χ4n) is 4.59. The molecule has 2 aliphatic heterocycles. The second-order valence-electron chi connectivity index (χ2n) is 8.75. The monoisotopic (exact) mass is 473 g/mol. The van der Waals surface area contributed by atoms with Crippen LogP contribution in [-0.4, -0.2) is 62.5 Å². The topological polar surface area (TPSA) is 88.2 Å². The van der Waals surface area contributed by atoms with Crippen LogP contribution in [0.1, 0.15) is 29.2 Å². The number of hydrogen-bond donors (Lipinski definition) is 1. The summed E-state index contributed by atoms with van der Waals surface area (Å²) < 4.78 is 38.8. The van der Waals surface area contributed by atoms with Crippen molar-refractivity contribution in [1.82, 2.24) is 14.5 Å². The van der Waals surface area contributed by atoms with E-state index in [1.54, 1.807) is 0 Å². The number of fused-ring (bicyclic) bond motifs is 1. The van der Waals surface area contributed by atoms with Gasteiger partial charge in [0.25, 0.3) is 0 Å². The fraction of sp³-hybridized carbons (Fsp3) is 0.458. The summed E-state index contributed by atoms with van der Waals surface area (Å²) in [5.74, 6) is 1.31. The molecule has 0 spiro atoms. The Hall–Kier alpha value is -2.62. The number of nitrogens with zero attached hydrogens (tertiary/aromatic N) is 2. The molecule has 2 aromatic rings. The molecule has 1 N–H and O–H groups in total. The molecule has 0 aromatic heterocycles. The van der Waals surface area contributed by atoms with Crippen LogP contribution in [0.3, 0.4) is 0 Å². The van der Waals surface area contributed by atoms with E-state index in [1.165, 1.54) is 4.31 Å². The summed E-state index contributed by atoms with van der Waals surface area (Å²) in [6, 6.07) is 9.06. The smallest absolute Gasteiger partial charge is 0.243 e. The van der Waals surface area contributed by atoms with E-state index in [2.05, 4.69) is 5.32 Å². The Morgan fingerprint density at radius 2 is 1.64 bits per heavy atom. The highest BCUT2D eigenvalue weighted by Crippen LogP contribution is 2.32. The van der Waals surface area contributed by atoms with E-state index < -0.39 is 10.0 Å². The fourth-order valence-corrected chi connectivity index (χ4v) is 6.42. The van der Waals surface area contributed by atoms with E-state index in [1.807, 2.05) is 62.9 Å². The highest BCUT2D eigenvalue weighted by molar-refractivity contribution is 7.89. The number of amides is 1. The van der Waals surface area contributed by atoms with E-state index in [4.69, 9.17) is 9.47 Å². The summed E-state index contributed by atoms with van der Waals surface area (Å²) in [6.45, 7) is 9.83. The molecule has 1 saturated heterocycles. The van der Waals surface area contributed by atoms with Crippen LogP contribution >= 0.6 is 0 Å². The molecule has 9 heteroatoms. The van der Waals surface area contributed by atoms with Crippen molar-refractivity contribution in [3.63, 3.8) is 0 Å². The summed E-state index contributed by atoms with van der Waals surface area (Å²) in [7, 11) is -3.58. The number of carbonyl (C=O) groups is 1. The lowest BCUT2D eigenvalue weighted by atomic mass is 10.1. The molecule has 8 nitrogen and oxygen atoms in total. The lowest BCUT2D eigenvalue weighted by molar-refractivity contribution is -0.126. The molecule has 2 heterocycles. The molecule has 0 saturated carbocycles. The van der Waals surface area contributed by atoms with Crippen LogP contribution < -0.4 is 14.8 Å². The summed E-state index contributed by atoms with van der Waals surface area (Å²) in [5.41, 5.74) is 3.52. The summed E-state index contributed by atoms with van der Waals surface area (Å²) in [4.78, 5) is 15.2. The molecule has 0 radical (unpaired) electrons. The van der Waals surface area contributed by atoms with Gasteiger partial charge in [-0.1, -0.05) is 23.8 Å². The summed E-state index contributed by atoms with van der Waals surface area (Å²) in [6.07, 6.45) is 0. The standard InChI is InChI=1S/C24H31N3O5S/c1-16-11-17(2)23(18(3)12-16)33(29,30)27-9-7-26(8-10-27)19(4)24(28)25-14-20-5-6-21-22(13-20)32-15-31-21/h5-6,11-13,19H,7-10,14-15H2,1-4H3,(H,25,28). The predicted octanol–water partition coefficient (Wildman–Crippen LogP) is 2.35. The average Bonchev–Trinajstić information content (AvgIpc) is 3.24. The maximum absolute atomic E-state index is 13.3. The zero-order valence-electron chi connectivity index (χ0n) is 19.6. The summed E-state index contributed by atoms with van der Waals surface area (Å²) >= 11 is 0. The molecule has 1 amide bonds. The van der Waals surface area contributed by atoms with Crippen molar-refractivity contribution in [3.8, 4) is 11.5 Å². The molecule has 1 atom stereocenters. The van der Waals surface area contributed by atoms with Crippen LogP contribution in [-0.2, 0) is 21.4 Å². The molecule has 1 unspecified atom stereocenters. The molecular formula is C24H31N3O5S. The summed E-state index contributed by atoms with van der Waals surface area (Å²) in [5, 5.41) is 2.97. The zero-order valence-corrected chi connectivity index (χ0v) is 20.4. The molecule has 1 fully saturated rings. The van der Waals surface area contributed by atoms with Crippen LogP contribution in [0, 0.1) is 20.8 Å². The first kappa shape index (κ1) is 23.5. The third kappa shape index (κ3) is 4.85. The Kier molecular flexibility index (Phi) is 6.65. The number of sulfonamides is 1. The lowest BCUT2D eigenvalue weighted by Gasteiger charge is -2.37. The van der Waals surface area contributed by atoms with Crippen LogP contribution in [0.25, 0.3) is 0 Å². The van der Waals surface area contributed by atoms with Gasteiger partial charge in [0.1, 0.15) is 0 Å². The molecule has 33 heavy (non-hydrogen) atoms. The molecule has 2 aliphatic rings. The molecule has 4 rings (SSSR count). The number of benzene rings is 2. The van der Waals surface area contributed by atoms with Gasteiger partial charge in [0.15, 0.2) is 11.5 Å². The maximum atomic E-state index is 13.3. The van der Waals surface area contributed by atoms with Crippen molar-refractivity contribution in [2.75, 3.05) is 33.0 Å². The Morgan fingerprint density at radius 1 is 1.00 bits per heavy atom. The normalized spacial score (nSPS) is 17.7. The number of nitrogens with one attached hydrogen (secondary N) is 1. The van der Waals surface area contributed by atoms with Gasteiger partial charge in [-0.25, -0.2) is 8.42 Å². The van der Waals surface area contributed by atoms with Gasteiger partial charge in [-0.15, -0.1) is 0 Å².